The lowest BCUT2D eigenvalue weighted by Crippen LogP contribution is -2.45. The number of anilines is 1. The van der Waals surface area contributed by atoms with Crippen molar-refractivity contribution in [2.45, 2.75) is 51.5 Å². The van der Waals surface area contributed by atoms with Crippen LogP contribution in [0, 0.1) is 5.41 Å². The second kappa shape index (κ2) is 10.5. The Kier molecular flexibility index (Phi) is 7.98. The zero-order valence-electron chi connectivity index (χ0n) is 17.7. The third kappa shape index (κ3) is 5.79. The summed E-state index contributed by atoms with van der Waals surface area (Å²) in [4.78, 5) is 25.4. The van der Waals surface area contributed by atoms with Crippen LogP contribution in [-0.2, 0) is 11.2 Å². The van der Waals surface area contributed by atoms with E-state index in [-0.39, 0.29) is 28.8 Å². The molecule has 0 aliphatic heterocycles. The molecule has 0 bridgehead atoms. The number of halogens is 2. The number of hydrogen-bond acceptors (Lipinski definition) is 3. The molecule has 31 heavy (non-hydrogen) atoms. The number of carbonyl (C=O) groups is 2. The van der Waals surface area contributed by atoms with E-state index in [9.17, 15) is 9.59 Å². The third-order valence-corrected chi connectivity index (χ3v) is 6.62. The number of rotatable bonds is 8. The maximum absolute atomic E-state index is 12.9. The van der Waals surface area contributed by atoms with Gasteiger partial charge in [0, 0.05) is 11.7 Å². The molecule has 166 valence electrons. The fraction of sp³-hybridized carbons (Fsp3) is 0.417. The van der Waals surface area contributed by atoms with Crippen LogP contribution in [0.15, 0.2) is 42.5 Å². The minimum atomic E-state index is -0.356. The van der Waals surface area contributed by atoms with Crippen LogP contribution in [-0.4, -0.2) is 24.4 Å². The molecule has 0 radical (unpaired) electrons. The Morgan fingerprint density at radius 3 is 2.26 bits per heavy atom. The lowest BCUT2D eigenvalue weighted by atomic mass is 9.81. The van der Waals surface area contributed by atoms with Gasteiger partial charge in [0.15, 0.2) is 0 Å². The second-order valence-electron chi connectivity index (χ2n) is 8.35. The van der Waals surface area contributed by atoms with Crippen molar-refractivity contribution in [3.63, 3.8) is 0 Å². The topological polar surface area (TPSA) is 84.2 Å². The van der Waals surface area contributed by atoms with E-state index in [1.807, 2.05) is 31.2 Å². The molecule has 4 N–H and O–H groups in total. The number of benzene rings is 2. The molecule has 0 spiro atoms. The Bertz CT molecular complexity index is 905. The van der Waals surface area contributed by atoms with Gasteiger partial charge in [-0.15, -0.1) is 0 Å². The summed E-state index contributed by atoms with van der Waals surface area (Å²) in [6.07, 6.45) is 5.48. The first-order chi connectivity index (χ1) is 14.8. The van der Waals surface area contributed by atoms with E-state index < -0.39 is 0 Å². The molecule has 0 saturated heterocycles. The SMILES string of the molecule is CC(Cc1ccc(NC(=O)c2c(Cl)cccc2Cl)cc1)NC(=O)C1(CCN)CCCC1. The summed E-state index contributed by atoms with van der Waals surface area (Å²) in [6, 6.07) is 12.5. The number of amides is 2. The van der Waals surface area contributed by atoms with Crippen LogP contribution in [0.5, 0.6) is 0 Å². The Hall–Kier alpha value is -2.08. The van der Waals surface area contributed by atoms with Crippen molar-refractivity contribution in [1.29, 1.82) is 0 Å². The Labute approximate surface area is 193 Å². The lowest BCUT2D eigenvalue weighted by molar-refractivity contribution is -0.131. The van der Waals surface area contributed by atoms with E-state index in [0.717, 1.165) is 37.7 Å². The first-order valence-corrected chi connectivity index (χ1v) is 11.5. The van der Waals surface area contributed by atoms with Crippen molar-refractivity contribution in [2.75, 3.05) is 11.9 Å². The molecule has 1 aliphatic rings. The number of nitrogens with one attached hydrogen (secondary N) is 2. The van der Waals surface area contributed by atoms with Gasteiger partial charge >= 0.3 is 0 Å². The van der Waals surface area contributed by atoms with E-state index in [4.69, 9.17) is 28.9 Å². The van der Waals surface area contributed by atoms with Gasteiger partial charge in [-0.2, -0.15) is 0 Å². The molecule has 2 aromatic carbocycles. The number of hydrogen-bond donors (Lipinski definition) is 3. The average molecular weight is 462 g/mol. The maximum atomic E-state index is 12.9. The standard InChI is InChI=1S/C24H29Cl2N3O2/c1-16(28-23(31)24(13-14-27)11-2-3-12-24)15-17-7-9-18(10-8-17)29-22(30)21-19(25)5-4-6-20(21)26/h4-10,16H,2-3,11-15,27H2,1H3,(H,28,31)(H,29,30). The van der Waals surface area contributed by atoms with Gasteiger partial charge < -0.3 is 16.4 Å². The van der Waals surface area contributed by atoms with Gasteiger partial charge in [0.05, 0.1) is 21.0 Å². The highest BCUT2D eigenvalue weighted by Gasteiger charge is 2.40. The molecular formula is C24H29Cl2N3O2. The Morgan fingerprint density at radius 2 is 1.68 bits per heavy atom. The van der Waals surface area contributed by atoms with Crippen LogP contribution in [0.2, 0.25) is 10.0 Å². The summed E-state index contributed by atoms with van der Waals surface area (Å²) in [7, 11) is 0. The summed E-state index contributed by atoms with van der Waals surface area (Å²) in [5.74, 6) is -0.228. The predicted octanol–water partition coefficient (Wildman–Crippen LogP) is 5.20. The van der Waals surface area contributed by atoms with Gasteiger partial charge in [-0.05, 0) is 69.0 Å². The smallest absolute Gasteiger partial charge is 0.258 e. The van der Waals surface area contributed by atoms with Gasteiger partial charge in [-0.1, -0.05) is 54.2 Å². The quantitative estimate of drug-likeness (QED) is 0.504. The Morgan fingerprint density at radius 1 is 1.06 bits per heavy atom. The van der Waals surface area contributed by atoms with Crippen LogP contribution in [0.4, 0.5) is 5.69 Å². The average Bonchev–Trinajstić information content (AvgIpc) is 3.19. The summed E-state index contributed by atoms with van der Waals surface area (Å²) in [5, 5.41) is 6.62. The maximum Gasteiger partial charge on any atom is 0.258 e. The van der Waals surface area contributed by atoms with E-state index in [1.54, 1.807) is 18.2 Å². The fourth-order valence-corrected chi connectivity index (χ4v) is 4.90. The first kappa shape index (κ1) is 23.6. The van der Waals surface area contributed by atoms with Gasteiger partial charge in [-0.25, -0.2) is 0 Å². The van der Waals surface area contributed by atoms with Crippen LogP contribution < -0.4 is 16.4 Å². The number of nitrogens with two attached hydrogens (primary N) is 1. The predicted molar refractivity (Wildman–Crippen MR) is 127 cm³/mol. The molecule has 7 heteroatoms. The van der Waals surface area contributed by atoms with Gasteiger partial charge in [-0.3, -0.25) is 9.59 Å². The van der Waals surface area contributed by atoms with Crippen molar-refractivity contribution in [3.8, 4) is 0 Å². The first-order valence-electron chi connectivity index (χ1n) is 10.7. The van der Waals surface area contributed by atoms with Crippen molar-refractivity contribution < 1.29 is 9.59 Å². The van der Waals surface area contributed by atoms with E-state index in [1.165, 1.54) is 0 Å². The van der Waals surface area contributed by atoms with Gasteiger partial charge in [0.2, 0.25) is 5.91 Å². The monoisotopic (exact) mass is 461 g/mol. The minimum absolute atomic E-state index is 0.00474. The Balaban J connectivity index is 1.57. The minimum Gasteiger partial charge on any atom is -0.353 e. The molecule has 2 amide bonds. The van der Waals surface area contributed by atoms with Crippen molar-refractivity contribution in [2.24, 2.45) is 11.1 Å². The van der Waals surface area contributed by atoms with Crippen LogP contribution in [0.3, 0.4) is 0 Å². The van der Waals surface area contributed by atoms with Crippen LogP contribution >= 0.6 is 23.2 Å². The molecule has 1 atom stereocenters. The second-order valence-corrected chi connectivity index (χ2v) is 9.17. The summed E-state index contributed by atoms with van der Waals surface area (Å²) < 4.78 is 0. The lowest BCUT2D eigenvalue weighted by Gasteiger charge is -2.29. The zero-order valence-corrected chi connectivity index (χ0v) is 19.2. The molecule has 2 aromatic rings. The summed E-state index contributed by atoms with van der Waals surface area (Å²) in [6.45, 7) is 2.55. The molecule has 3 rings (SSSR count). The third-order valence-electron chi connectivity index (χ3n) is 5.99. The zero-order chi connectivity index (χ0) is 22.4. The molecule has 1 aliphatic carbocycles. The fourth-order valence-electron chi connectivity index (χ4n) is 4.33. The highest BCUT2D eigenvalue weighted by molar-refractivity contribution is 6.40. The van der Waals surface area contributed by atoms with Crippen molar-refractivity contribution in [1.82, 2.24) is 5.32 Å². The largest absolute Gasteiger partial charge is 0.353 e. The highest BCUT2D eigenvalue weighted by Crippen LogP contribution is 2.41. The molecule has 1 unspecified atom stereocenters. The summed E-state index contributed by atoms with van der Waals surface area (Å²) in [5.41, 5.74) is 7.44. The number of carbonyl (C=O) groups excluding carboxylic acids is 2. The van der Waals surface area contributed by atoms with Crippen molar-refractivity contribution in [3.05, 3.63) is 63.6 Å². The van der Waals surface area contributed by atoms with E-state index in [2.05, 4.69) is 10.6 Å². The summed E-state index contributed by atoms with van der Waals surface area (Å²) >= 11 is 12.2. The molecule has 0 heterocycles. The van der Waals surface area contributed by atoms with Crippen LogP contribution in [0.1, 0.15) is 54.9 Å². The normalized spacial score (nSPS) is 16.0. The van der Waals surface area contributed by atoms with E-state index in [0.29, 0.717) is 28.7 Å². The van der Waals surface area contributed by atoms with Gasteiger partial charge in [0.1, 0.15) is 0 Å². The molecule has 5 nitrogen and oxygen atoms in total. The molecule has 1 fully saturated rings. The molecule has 0 aromatic heterocycles. The molecule has 1 saturated carbocycles. The molecular weight excluding hydrogens is 433 g/mol. The van der Waals surface area contributed by atoms with Gasteiger partial charge in [0.25, 0.3) is 5.91 Å². The van der Waals surface area contributed by atoms with Crippen molar-refractivity contribution >= 4 is 40.7 Å². The van der Waals surface area contributed by atoms with Crippen LogP contribution in [0.25, 0.3) is 0 Å². The highest BCUT2D eigenvalue weighted by atomic mass is 35.5. The van der Waals surface area contributed by atoms with E-state index >= 15 is 0 Å².